The second kappa shape index (κ2) is 9.58. The number of hydrogen-bond acceptors (Lipinski definition) is 6. The van der Waals surface area contributed by atoms with Crippen molar-refractivity contribution in [1.29, 1.82) is 5.26 Å². The maximum absolute atomic E-state index is 13.7. The van der Waals surface area contributed by atoms with Crippen LogP contribution in [0.4, 0.5) is 10.3 Å². The van der Waals surface area contributed by atoms with Crippen LogP contribution in [-0.2, 0) is 0 Å². The molecule has 3 aromatic carbocycles. The predicted molar refractivity (Wildman–Crippen MR) is 125 cm³/mol. The summed E-state index contributed by atoms with van der Waals surface area (Å²) in [6, 6.07) is 22.5. The number of hydrogen-bond donors (Lipinski definition) is 2. The van der Waals surface area contributed by atoms with Crippen LogP contribution < -0.4 is 15.7 Å². The second-order valence-corrected chi connectivity index (χ2v) is 6.95. The molecule has 0 aliphatic carbocycles. The Balaban J connectivity index is 1.55. The SMILES string of the molecule is COc1ccc(F)cc1-c1ccc(C=NNc2nc(-c3ccccc3)c(C#N)c(=O)[nH]2)cc1. The van der Waals surface area contributed by atoms with Gasteiger partial charge in [0.25, 0.3) is 5.56 Å². The molecule has 162 valence electrons. The Morgan fingerprint density at radius 3 is 2.55 bits per heavy atom. The van der Waals surface area contributed by atoms with Gasteiger partial charge in [0.1, 0.15) is 23.2 Å². The molecule has 0 aliphatic rings. The lowest BCUT2D eigenvalue weighted by Gasteiger charge is -2.09. The molecule has 8 heteroatoms. The quantitative estimate of drug-likeness (QED) is 0.338. The predicted octanol–water partition coefficient (Wildman–Crippen LogP) is 4.57. The molecule has 0 aliphatic heterocycles. The average Bonchev–Trinajstić information content (AvgIpc) is 2.84. The molecule has 0 radical (unpaired) electrons. The van der Waals surface area contributed by atoms with Crippen molar-refractivity contribution in [2.24, 2.45) is 5.10 Å². The zero-order valence-corrected chi connectivity index (χ0v) is 17.5. The third-order valence-corrected chi connectivity index (χ3v) is 4.85. The van der Waals surface area contributed by atoms with Gasteiger partial charge >= 0.3 is 0 Å². The summed E-state index contributed by atoms with van der Waals surface area (Å²) < 4.78 is 19.0. The molecule has 0 saturated heterocycles. The molecule has 0 saturated carbocycles. The number of ether oxygens (including phenoxy) is 1. The van der Waals surface area contributed by atoms with Crippen molar-refractivity contribution in [2.75, 3.05) is 12.5 Å². The molecule has 0 atom stereocenters. The fraction of sp³-hybridized carbons (Fsp3) is 0.0400. The average molecular weight is 439 g/mol. The van der Waals surface area contributed by atoms with Crippen molar-refractivity contribution >= 4 is 12.2 Å². The maximum atomic E-state index is 13.7. The van der Waals surface area contributed by atoms with Gasteiger partial charge in [0.05, 0.1) is 19.0 Å². The van der Waals surface area contributed by atoms with E-state index in [0.29, 0.717) is 16.9 Å². The van der Waals surface area contributed by atoms with Crippen molar-refractivity contribution in [3.05, 3.63) is 100 Å². The Kier molecular flexibility index (Phi) is 6.23. The van der Waals surface area contributed by atoms with E-state index in [1.807, 2.05) is 36.4 Å². The van der Waals surface area contributed by atoms with Crippen LogP contribution in [0.3, 0.4) is 0 Å². The van der Waals surface area contributed by atoms with Gasteiger partial charge < -0.3 is 4.74 Å². The van der Waals surface area contributed by atoms with Crippen LogP contribution in [-0.4, -0.2) is 23.3 Å². The number of halogens is 1. The minimum Gasteiger partial charge on any atom is -0.496 e. The Labute approximate surface area is 188 Å². The highest BCUT2D eigenvalue weighted by Gasteiger charge is 2.13. The molecule has 33 heavy (non-hydrogen) atoms. The van der Waals surface area contributed by atoms with Gasteiger partial charge in [-0.2, -0.15) is 10.4 Å². The standard InChI is InChI=1S/C25H18FN5O2/c1-33-22-12-11-19(26)13-20(22)17-9-7-16(8-10-17)15-28-31-25-29-23(18-5-3-2-4-6-18)21(14-27)24(32)30-25/h2-13,15H,1H3,(H2,29,30,31,32). The number of anilines is 1. The molecule has 1 heterocycles. The van der Waals surface area contributed by atoms with Crippen LogP contribution in [0, 0.1) is 17.1 Å². The summed E-state index contributed by atoms with van der Waals surface area (Å²) in [6.45, 7) is 0. The molecule has 0 spiro atoms. The number of H-pyrrole nitrogens is 1. The fourth-order valence-electron chi connectivity index (χ4n) is 3.26. The molecule has 0 amide bonds. The zero-order valence-electron chi connectivity index (χ0n) is 17.5. The van der Waals surface area contributed by atoms with Crippen molar-refractivity contribution in [1.82, 2.24) is 9.97 Å². The Morgan fingerprint density at radius 2 is 1.85 bits per heavy atom. The Hall–Kier alpha value is -4.77. The summed E-state index contributed by atoms with van der Waals surface area (Å²) in [6.07, 6.45) is 1.55. The third-order valence-electron chi connectivity index (χ3n) is 4.85. The van der Waals surface area contributed by atoms with Crippen LogP contribution >= 0.6 is 0 Å². The highest BCUT2D eigenvalue weighted by atomic mass is 19.1. The summed E-state index contributed by atoms with van der Waals surface area (Å²) in [5.41, 5.74) is 5.19. The summed E-state index contributed by atoms with van der Waals surface area (Å²) in [7, 11) is 1.54. The molecule has 0 unspecified atom stereocenters. The van der Waals surface area contributed by atoms with Gasteiger partial charge in [-0.05, 0) is 29.3 Å². The first-order chi connectivity index (χ1) is 16.1. The van der Waals surface area contributed by atoms with Gasteiger partial charge in [-0.25, -0.2) is 14.8 Å². The minimum absolute atomic E-state index is 0.0703. The van der Waals surface area contributed by atoms with Crippen molar-refractivity contribution in [2.45, 2.75) is 0 Å². The number of rotatable bonds is 6. The fourth-order valence-corrected chi connectivity index (χ4v) is 3.26. The van der Waals surface area contributed by atoms with E-state index < -0.39 is 5.56 Å². The third kappa shape index (κ3) is 4.78. The van der Waals surface area contributed by atoms with E-state index in [1.54, 1.807) is 36.5 Å². The Bertz CT molecular complexity index is 1410. The smallest absolute Gasteiger partial charge is 0.270 e. The van der Waals surface area contributed by atoms with E-state index in [2.05, 4.69) is 20.5 Å². The molecule has 0 fully saturated rings. The molecule has 2 N–H and O–H groups in total. The first-order valence-corrected chi connectivity index (χ1v) is 9.92. The summed E-state index contributed by atoms with van der Waals surface area (Å²) in [5, 5.41) is 13.5. The lowest BCUT2D eigenvalue weighted by atomic mass is 10.0. The van der Waals surface area contributed by atoms with Gasteiger partial charge in [-0.1, -0.05) is 54.6 Å². The van der Waals surface area contributed by atoms with Crippen molar-refractivity contribution in [3.8, 4) is 34.2 Å². The van der Waals surface area contributed by atoms with Crippen molar-refractivity contribution in [3.63, 3.8) is 0 Å². The molecule has 4 aromatic rings. The van der Waals surface area contributed by atoms with E-state index in [-0.39, 0.29) is 23.0 Å². The van der Waals surface area contributed by atoms with Gasteiger partial charge in [-0.15, -0.1) is 0 Å². The highest BCUT2D eigenvalue weighted by molar-refractivity contribution is 5.82. The number of methoxy groups -OCH3 is 1. The lowest BCUT2D eigenvalue weighted by Crippen LogP contribution is -2.16. The monoisotopic (exact) mass is 439 g/mol. The maximum Gasteiger partial charge on any atom is 0.270 e. The first kappa shape index (κ1) is 21.5. The highest BCUT2D eigenvalue weighted by Crippen LogP contribution is 2.30. The number of nitrogens with one attached hydrogen (secondary N) is 2. The molecule has 1 aromatic heterocycles. The van der Waals surface area contributed by atoms with Gasteiger partial charge in [0.15, 0.2) is 0 Å². The number of benzene rings is 3. The topological polar surface area (TPSA) is 103 Å². The van der Waals surface area contributed by atoms with E-state index in [0.717, 1.165) is 11.1 Å². The lowest BCUT2D eigenvalue weighted by molar-refractivity contribution is 0.415. The number of nitriles is 1. The molecule has 7 nitrogen and oxygen atoms in total. The normalized spacial score (nSPS) is 10.7. The Morgan fingerprint density at radius 1 is 1.09 bits per heavy atom. The van der Waals surface area contributed by atoms with Gasteiger partial charge in [0, 0.05) is 11.1 Å². The number of hydrazone groups is 1. The van der Waals surface area contributed by atoms with Crippen LogP contribution in [0.1, 0.15) is 11.1 Å². The van der Waals surface area contributed by atoms with Gasteiger partial charge in [0.2, 0.25) is 5.95 Å². The van der Waals surface area contributed by atoms with Crippen LogP contribution in [0.5, 0.6) is 5.75 Å². The largest absolute Gasteiger partial charge is 0.496 e. The summed E-state index contributed by atoms with van der Waals surface area (Å²) in [4.78, 5) is 19.1. The van der Waals surface area contributed by atoms with E-state index >= 15 is 0 Å². The molecule has 0 bridgehead atoms. The van der Waals surface area contributed by atoms with E-state index in [4.69, 9.17) is 4.74 Å². The van der Waals surface area contributed by atoms with E-state index in [9.17, 15) is 14.4 Å². The van der Waals surface area contributed by atoms with Crippen LogP contribution in [0.25, 0.3) is 22.4 Å². The van der Waals surface area contributed by atoms with Crippen molar-refractivity contribution < 1.29 is 9.13 Å². The number of aromatic nitrogens is 2. The number of nitrogens with zero attached hydrogens (tertiary/aromatic N) is 3. The number of aromatic amines is 1. The second-order valence-electron chi connectivity index (χ2n) is 6.95. The molecular weight excluding hydrogens is 421 g/mol. The molecular formula is C25H18FN5O2. The molecule has 4 rings (SSSR count). The summed E-state index contributed by atoms with van der Waals surface area (Å²) >= 11 is 0. The van der Waals surface area contributed by atoms with E-state index in [1.165, 1.54) is 19.2 Å². The first-order valence-electron chi connectivity index (χ1n) is 9.92. The zero-order chi connectivity index (χ0) is 23.2. The summed E-state index contributed by atoms with van der Waals surface area (Å²) in [5.74, 6) is 0.333. The van der Waals surface area contributed by atoms with Gasteiger partial charge in [-0.3, -0.25) is 9.78 Å². The minimum atomic E-state index is -0.558. The van der Waals surface area contributed by atoms with Crippen LogP contribution in [0.2, 0.25) is 0 Å². The van der Waals surface area contributed by atoms with Crippen LogP contribution in [0.15, 0.2) is 82.7 Å².